The number of aryl methyl sites for hydroxylation is 2. The third-order valence-electron chi connectivity index (χ3n) is 3.08. The summed E-state index contributed by atoms with van der Waals surface area (Å²) >= 11 is 0. The van der Waals surface area contributed by atoms with Crippen LogP contribution >= 0.6 is 0 Å². The summed E-state index contributed by atoms with van der Waals surface area (Å²) < 4.78 is 27.5. The Morgan fingerprint density at radius 3 is 2.11 bits per heavy atom. The van der Waals surface area contributed by atoms with Crippen molar-refractivity contribution in [3.05, 3.63) is 41.0 Å². The van der Waals surface area contributed by atoms with Crippen molar-refractivity contribution in [3.63, 3.8) is 0 Å². The van der Waals surface area contributed by atoms with Crippen LogP contribution in [0.25, 0.3) is 10.8 Å². The Bertz CT molecular complexity index is 577. The third kappa shape index (κ3) is 2.70. The van der Waals surface area contributed by atoms with Gasteiger partial charge in [0, 0.05) is 0 Å². The molecule has 0 bridgehead atoms. The molecule has 0 atom stereocenters. The molecular formula is C16H20F2O. The Balaban J connectivity index is 0.000000861. The van der Waals surface area contributed by atoms with Crippen LogP contribution in [0.15, 0.2) is 18.2 Å². The zero-order valence-corrected chi connectivity index (χ0v) is 11.8. The van der Waals surface area contributed by atoms with Crippen molar-refractivity contribution in [2.75, 3.05) is 0 Å². The van der Waals surface area contributed by atoms with Crippen molar-refractivity contribution in [2.45, 2.75) is 40.5 Å². The van der Waals surface area contributed by atoms with Crippen LogP contribution in [0.5, 0.6) is 5.75 Å². The molecular weight excluding hydrogens is 246 g/mol. The molecule has 0 fully saturated rings. The fraction of sp³-hybridized carbons (Fsp3) is 0.375. The number of phenolic OH excluding ortho intramolecular Hbond substituents is 1. The molecule has 0 aliphatic heterocycles. The minimum Gasteiger partial charge on any atom is -0.505 e. The lowest BCUT2D eigenvalue weighted by Crippen LogP contribution is -1.97. The number of phenols is 1. The van der Waals surface area contributed by atoms with Crippen molar-refractivity contribution < 1.29 is 13.9 Å². The fourth-order valence-electron chi connectivity index (χ4n) is 2.27. The van der Waals surface area contributed by atoms with Crippen LogP contribution in [-0.2, 0) is 12.8 Å². The van der Waals surface area contributed by atoms with E-state index in [9.17, 15) is 13.9 Å². The Kier molecular flexibility index (Phi) is 5.28. The van der Waals surface area contributed by atoms with E-state index in [4.69, 9.17) is 0 Å². The highest BCUT2D eigenvalue weighted by Crippen LogP contribution is 2.33. The number of hydrogen-bond donors (Lipinski definition) is 1. The van der Waals surface area contributed by atoms with Crippen molar-refractivity contribution in [2.24, 2.45) is 0 Å². The molecule has 0 spiro atoms. The van der Waals surface area contributed by atoms with E-state index in [1.54, 1.807) is 13.0 Å². The third-order valence-corrected chi connectivity index (χ3v) is 3.08. The standard InChI is InChI=1S/C14H14F2O.C2H6/c1-3-9-11(15)6-5-8-7-12(17)14(16)10(4-2)13(8)9;1-2/h5-7,17H,3-4H2,1-2H3;1-2H3. The molecule has 2 aromatic carbocycles. The average Bonchev–Trinajstić information content (AvgIpc) is 2.43. The van der Waals surface area contributed by atoms with Gasteiger partial charge in [0.25, 0.3) is 0 Å². The van der Waals surface area contributed by atoms with E-state index in [2.05, 4.69) is 0 Å². The quantitative estimate of drug-likeness (QED) is 0.813. The summed E-state index contributed by atoms with van der Waals surface area (Å²) in [7, 11) is 0. The minimum atomic E-state index is -0.639. The zero-order chi connectivity index (χ0) is 14.6. The second-order valence-electron chi connectivity index (χ2n) is 4.02. The highest BCUT2D eigenvalue weighted by atomic mass is 19.1. The molecule has 0 amide bonds. The van der Waals surface area contributed by atoms with Gasteiger partial charge in [-0.15, -0.1) is 0 Å². The Hall–Kier alpha value is -1.64. The maximum absolute atomic E-state index is 13.8. The molecule has 0 aliphatic carbocycles. The number of halogens is 2. The summed E-state index contributed by atoms with van der Waals surface area (Å²) in [5, 5.41) is 10.8. The monoisotopic (exact) mass is 266 g/mol. The predicted molar refractivity (Wildman–Crippen MR) is 75.6 cm³/mol. The molecule has 2 aromatic rings. The van der Waals surface area contributed by atoms with Gasteiger partial charge in [0.2, 0.25) is 0 Å². The van der Waals surface area contributed by atoms with Crippen LogP contribution in [-0.4, -0.2) is 5.11 Å². The largest absolute Gasteiger partial charge is 0.505 e. The van der Waals surface area contributed by atoms with Crippen LogP contribution < -0.4 is 0 Å². The molecule has 104 valence electrons. The molecule has 0 radical (unpaired) electrons. The molecule has 0 aliphatic rings. The van der Waals surface area contributed by atoms with E-state index in [0.717, 1.165) is 0 Å². The maximum atomic E-state index is 13.8. The van der Waals surface area contributed by atoms with Crippen molar-refractivity contribution >= 4 is 10.8 Å². The van der Waals surface area contributed by atoms with Crippen LogP contribution in [0.4, 0.5) is 8.78 Å². The van der Waals surface area contributed by atoms with Crippen LogP contribution in [0.2, 0.25) is 0 Å². The number of hydrogen-bond acceptors (Lipinski definition) is 1. The van der Waals surface area contributed by atoms with Crippen molar-refractivity contribution in [3.8, 4) is 5.75 Å². The summed E-state index contributed by atoms with van der Waals surface area (Å²) in [5.74, 6) is -1.33. The van der Waals surface area contributed by atoms with E-state index in [1.165, 1.54) is 12.1 Å². The van der Waals surface area contributed by atoms with Gasteiger partial charge in [-0.1, -0.05) is 33.8 Å². The molecule has 0 saturated heterocycles. The average molecular weight is 266 g/mol. The van der Waals surface area contributed by atoms with Gasteiger partial charge in [-0.2, -0.15) is 0 Å². The fourth-order valence-corrected chi connectivity index (χ4v) is 2.27. The molecule has 19 heavy (non-hydrogen) atoms. The zero-order valence-electron chi connectivity index (χ0n) is 11.8. The van der Waals surface area contributed by atoms with Gasteiger partial charge in [-0.3, -0.25) is 0 Å². The van der Waals surface area contributed by atoms with Crippen LogP contribution in [0, 0.1) is 11.6 Å². The number of aromatic hydroxyl groups is 1. The summed E-state index contributed by atoms with van der Waals surface area (Å²) in [6, 6.07) is 4.28. The highest BCUT2D eigenvalue weighted by molar-refractivity contribution is 5.90. The van der Waals surface area contributed by atoms with E-state index >= 15 is 0 Å². The van der Waals surface area contributed by atoms with Crippen molar-refractivity contribution in [1.29, 1.82) is 0 Å². The summed E-state index contributed by atoms with van der Waals surface area (Å²) in [5.41, 5.74) is 0.898. The Morgan fingerprint density at radius 1 is 1.00 bits per heavy atom. The summed E-state index contributed by atoms with van der Waals surface area (Å²) in [4.78, 5) is 0. The molecule has 2 rings (SSSR count). The molecule has 1 nitrogen and oxygen atoms in total. The predicted octanol–water partition coefficient (Wildman–Crippen LogP) is 4.97. The lowest BCUT2D eigenvalue weighted by atomic mass is 9.95. The first-order valence-electron chi connectivity index (χ1n) is 6.71. The van der Waals surface area contributed by atoms with Gasteiger partial charge in [0.05, 0.1) is 0 Å². The SMILES string of the molecule is CC.CCc1c(F)ccc2cc(O)c(F)c(CC)c12. The van der Waals surface area contributed by atoms with E-state index in [0.29, 0.717) is 34.7 Å². The van der Waals surface area contributed by atoms with E-state index in [-0.39, 0.29) is 11.6 Å². The molecule has 3 heteroatoms. The van der Waals surface area contributed by atoms with Gasteiger partial charge in [-0.25, -0.2) is 8.78 Å². The maximum Gasteiger partial charge on any atom is 0.168 e. The van der Waals surface area contributed by atoms with Gasteiger partial charge >= 0.3 is 0 Å². The van der Waals surface area contributed by atoms with Gasteiger partial charge in [0.1, 0.15) is 5.82 Å². The van der Waals surface area contributed by atoms with E-state index in [1.807, 2.05) is 20.8 Å². The number of rotatable bonds is 2. The second-order valence-corrected chi connectivity index (χ2v) is 4.02. The van der Waals surface area contributed by atoms with Gasteiger partial charge in [-0.05, 0) is 46.9 Å². The highest BCUT2D eigenvalue weighted by Gasteiger charge is 2.16. The first kappa shape index (κ1) is 15.4. The summed E-state index contributed by atoms with van der Waals surface area (Å²) in [6.07, 6.45) is 0.924. The molecule has 0 saturated carbocycles. The van der Waals surface area contributed by atoms with E-state index < -0.39 is 5.82 Å². The molecule has 0 unspecified atom stereocenters. The smallest absolute Gasteiger partial charge is 0.168 e. The lowest BCUT2D eigenvalue weighted by molar-refractivity contribution is 0.430. The Morgan fingerprint density at radius 2 is 1.58 bits per heavy atom. The van der Waals surface area contributed by atoms with Crippen LogP contribution in [0.3, 0.4) is 0 Å². The molecule has 0 aromatic heterocycles. The first-order chi connectivity index (χ1) is 9.10. The normalized spacial score (nSPS) is 10.2. The molecule has 1 N–H and O–H groups in total. The molecule has 0 heterocycles. The first-order valence-corrected chi connectivity index (χ1v) is 6.71. The topological polar surface area (TPSA) is 20.2 Å². The van der Waals surface area contributed by atoms with Gasteiger partial charge in [0.15, 0.2) is 11.6 Å². The minimum absolute atomic E-state index is 0.320. The number of fused-ring (bicyclic) bond motifs is 1. The number of benzene rings is 2. The second kappa shape index (κ2) is 6.50. The Labute approximate surface area is 112 Å². The summed E-state index contributed by atoms with van der Waals surface area (Å²) in [6.45, 7) is 7.63. The lowest BCUT2D eigenvalue weighted by Gasteiger charge is -2.12. The van der Waals surface area contributed by atoms with Crippen LogP contribution in [0.1, 0.15) is 38.8 Å². The van der Waals surface area contributed by atoms with Gasteiger partial charge < -0.3 is 5.11 Å². The van der Waals surface area contributed by atoms with Crippen molar-refractivity contribution in [1.82, 2.24) is 0 Å².